The summed E-state index contributed by atoms with van der Waals surface area (Å²) in [4.78, 5) is 4.26. The molecule has 0 atom stereocenters. The second-order valence-corrected chi connectivity index (χ2v) is 3.93. The minimum atomic E-state index is 0.483. The van der Waals surface area contributed by atoms with Crippen LogP contribution in [0.3, 0.4) is 0 Å². The molecule has 0 aliphatic carbocycles. The minimum Gasteiger partial charge on any atom is -0.477 e. The van der Waals surface area contributed by atoms with Crippen LogP contribution in [0.15, 0.2) is 6.07 Å². The largest absolute Gasteiger partial charge is 0.477 e. The number of nitrogens with zero attached hydrogens (tertiary/aromatic N) is 2. The molecule has 0 aromatic carbocycles. The van der Waals surface area contributed by atoms with Crippen molar-refractivity contribution in [3.05, 3.63) is 22.9 Å². The molecule has 16 heavy (non-hydrogen) atoms. The normalized spacial score (nSPS) is 9.88. The van der Waals surface area contributed by atoms with E-state index in [0.717, 1.165) is 30.5 Å². The smallest absolute Gasteiger partial charge is 0.232 e. The SMILES string of the molecule is CCCCCOc1nc(C)cc(C)c1C#N. The van der Waals surface area contributed by atoms with Crippen molar-refractivity contribution in [3.63, 3.8) is 0 Å². The summed E-state index contributed by atoms with van der Waals surface area (Å²) >= 11 is 0. The molecular formula is C13H18N2O. The summed E-state index contributed by atoms with van der Waals surface area (Å²) in [6.45, 7) is 6.60. The molecule has 0 amide bonds. The van der Waals surface area contributed by atoms with Crippen LogP contribution in [0.25, 0.3) is 0 Å². The molecule has 0 spiro atoms. The van der Waals surface area contributed by atoms with Gasteiger partial charge in [0.15, 0.2) is 0 Å². The van der Waals surface area contributed by atoms with Gasteiger partial charge in [0.05, 0.1) is 6.61 Å². The third-order valence-corrected chi connectivity index (χ3v) is 2.41. The average Bonchev–Trinajstić information content (AvgIpc) is 2.24. The van der Waals surface area contributed by atoms with E-state index in [4.69, 9.17) is 10.00 Å². The van der Waals surface area contributed by atoms with Gasteiger partial charge in [-0.25, -0.2) is 4.98 Å². The Morgan fingerprint density at radius 1 is 1.38 bits per heavy atom. The zero-order valence-electron chi connectivity index (χ0n) is 10.2. The number of hydrogen-bond acceptors (Lipinski definition) is 3. The molecule has 0 aliphatic heterocycles. The molecule has 1 aromatic rings. The van der Waals surface area contributed by atoms with Gasteiger partial charge < -0.3 is 4.74 Å². The van der Waals surface area contributed by atoms with Crippen molar-refractivity contribution in [2.24, 2.45) is 0 Å². The molecule has 1 rings (SSSR count). The molecular weight excluding hydrogens is 200 g/mol. The molecule has 0 unspecified atom stereocenters. The van der Waals surface area contributed by atoms with E-state index in [1.165, 1.54) is 0 Å². The zero-order chi connectivity index (χ0) is 12.0. The Balaban J connectivity index is 2.75. The lowest BCUT2D eigenvalue weighted by Crippen LogP contribution is -2.03. The van der Waals surface area contributed by atoms with E-state index < -0.39 is 0 Å². The molecule has 0 aliphatic rings. The number of aromatic nitrogens is 1. The predicted molar refractivity (Wildman–Crippen MR) is 63.4 cm³/mol. The van der Waals surface area contributed by atoms with Gasteiger partial charge in [0.1, 0.15) is 11.6 Å². The molecule has 0 fully saturated rings. The maximum absolute atomic E-state index is 9.02. The van der Waals surface area contributed by atoms with Gasteiger partial charge in [0, 0.05) is 5.69 Å². The monoisotopic (exact) mass is 218 g/mol. The molecule has 0 radical (unpaired) electrons. The fraction of sp³-hybridized carbons (Fsp3) is 0.538. The van der Waals surface area contributed by atoms with Crippen LogP contribution in [0.2, 0.25) is 0 Å². The van der Waals surface area contributed by atoms with E-state index in [0.29, 0.717) is 18.1 Å². The lowest BCUT2D eigenvalue weighted by molar-refractivity contribution is 0.293. The van der Waals surface area contributed by atoms with Crippen LogP contribution in [0.4, 0.5) is 0 Å². The lowest BCUT2D eigenvalue weighted by Gasteiger charge is -2.09. The summed E-state index contributed by atoms with van der Waals surface area (Å²) < 4.78 is 5.56. The zero-order valence-corrected chi connectivity index (χ0v) is 10.2. The van der Waals surface area contributed by atoms with Gasteiger partial charge in [-0.05, 0) is 31.9 Å². The molecule has 0 bridgehead atoms. The maximum Gasteiger partial charge on any atom is 0.232 e. The van der Waals surface area contributed by atoms with Gasteiger partial charge >= 0.3 is 0 Å². The minimum absolute atomic E-state index is 0.483. The first-order valence-corrected chi connectivity index (χ1v) is 5.70. The molecule has 0 saturated carbocycles. The summed E-state index contributed by atoms with van der Waals surface area (Å²) in [6.07, 6.45) is 3.32. The fourth-order valence-electron chi connectivity index (χ4n) is 1.56. The van der Waals surface area contributed by atoms with Gasteiger partial charge in [-0.3, -0.25) is 0 Å². The van der Waals surface area contributed by atoms with E-state index in [-0.39, 0.29) is 0 Å². The highest BCUT2D eigenvalue weighted by Crippen LogP contribution is 2.19. The first-order chi connectivity index (χ1) is 7.69. The number of rotatable bonds is 5. The van der Waals surface area contributed by atoms with Crippen LogP contribution in [0, 0.1) is 25.2 Å². The van der Waals surface area contributed by atoms with Crippen LogP contribution in [-0.4, -0.2) is 11.6 Å². The Bertz CT molecular complexity index is 394. The molecule has 86 valence electrons. The second kappa shape index (κ2) is 6.12. The van der Waals surface area contributed by atoms with Crippen molar-refractivity contribution in [1.29, 1.82) is 5.26 Å². The van der Waals surface area contributed by atoms with Crippen molar-refractivity contribution in [3.8, 4) is 11.9 Å². The number of nitriles is 1. The Kier molecular flexibility index (Phi) is 4.78. The van der Waals surface area contributed by atoms with Crippen molar-refractivity contribution < 1.29 is 4.74 Å². The first kappa shape index (κ1) is 12.5. The topological polar surface area (TPSA) is 45.9 Å². The van der Waals surface area contributed by atoms with Gasteiger partial charge in [-0.15, -0.1) is 0 Å². The van der Waals surface area contributed by atoms with Crippen LogP contribution >= 0.6 is 0 Å². The number of pyridine rings is 1. The highest BCUT2D eigenvalue weighted by molar-refractivity contribution is 5.45. The van der Waals surface area contributed by atoms with E-state index in [1.54, 1.807) is 0 Å². The Labute approximate surface area is 97.1 Å². The number of ether oxygens (including phenoxy) is 1. The molecule has 1 heterocycles. The van der Waals surface area contributed by atoms with Crippen molar-refractivity contribution >= 4 is 0 Å². The summed E-state index contributed by atoms with van der Waals surface area (Å²) in [5.41, 5.74) is 2.38. The second-order valence-electron chi connectivity index (χ2n) is 3.93. The Hall–Kier alpha value is -1.56. The standard InChI is InChI=1S/C13H18N2O/c1-4-5-6-7-16-13-12(9-14)10(2)8-11(3)15-13/h8H,4-7H2,1-3H3. The molecule has 3 nitrogen and oxygen atoms in total. The molecule has 3 heteroatoms. The fourth-order valence-corrected chi connectivity index (χ4v) is 1.56. The van der Waals surface area contributed by atoms with Crippen molar-refractivity contribution in [2.75, 3.05) is 6.61 Å². The third-order valence-electron chi connectivity index (χ3n) is 2.41. The van der Waals surface area contributed by atoms with Crippen LogP contribution in [0.1, 0.15) is 43.0 Å². The molecule has 1 aromatic heterocycles. The van der Waals surface area contributed by atoms with Gasteiger partial charge in [-0.1, -0.05) is 19.8 Å². The van der Waals surface area contributed by atoms with Gasteiger partial charge in [0.25, 0.3) is 0 Å². The average molecular weight is 218 g/mol. The number of hydrogen-bond donors (Lipinski definition) is 0. The summed E-state index contributed by atoms with van der Waals surface area (Å²) in [7, 11) is 0. The van der Waals surface area contributed by atoms with E-state index in [1.807, 2.05) is 19.9 Å². The van der Waals surface area contributed by atoms with Gasteiger partial charge in [-0.2, -0.15) is 5.26 Å². The van der Waals surface area contributed by atoms with Gasteiger partial charge in [0.2, 0.25) is 5.88 Å². The summed E-state index contributed by atoms with van der Waals surface area (Å²) in [5, 5.41) is 9.02. The lowest BCUT2D eigenvalue weighted by atomic mass is 10.1. The van der Waals surface area contributed by atoms with E-state index in [2.05, 4.69) is 18.0 Å². The predicted octanol–water partition coefficient (Wildman–Crippen LogP) is 3.14. The summed E-state index contributed by atoms with van der Waals surface area (Å²) in [5.74, 6) is 0.483. The first-order valence-electron chi connectivity index (χ1n) is 5.70. The van der Waals surface area contributed by atoms with Crippen LogP contribution in [-0.2, 0) is 0 Å². The van der Waals surface area contributed by atoms with Crippen molar-refractivity contribution in [1.82, 2.24) is 4.98 Å². The highest BCUT2D eigenvalue weighted by Gasteiger charge is 2.09. The Morgan fingerprint density at radius 2 is 2.12 bits per heavy atom. The number of unbranched alkanes of at least 4 members (excludes halogenated alkanes) is 2. The summed E-state index contributed by atoms with van der Waals surface area (Å²) in [6, 6.07) is 4.04. The maximum atomic E-state index is 9.02. The van der Waals surface area contributed by atoms with Crippen molar-refractivity contribution in [2.45, 2.75) is 40.0 Å². The number of aryl methyl sites for hydroxylation is 2. The van der Waals surface area contributed by atoms with Crippen LogP contribution < -0.4 is 4.74 Å². The highest BCUT2D eigenvalue weighted by atomic mass is 16.5. The van der Waals surface area contributed by atoms with E-state index >= 15 is 0 Å². The third kappa shape index (κ3) is 3.23. The van der Waals surface area contributed by atoms with E-state index in [9.17, 15) is 0 Å². The quantitative estimate of drug-likeness (QED) is 0.713. The molecule has 0 N–H and O–H groups in total. The molecule has 0 saturated heterocycles. The Morgan fingerprint density at radius 3 is 2.75 bits per heavy atom. The van der Waals surface area contributed by atoms with Crippen LogP contribution in [0.5, 0.6) is 5.88 Å².